The number of thiazole rings is 1. The van der Waals surface area contributed by atoms with E-state index in [9.17, 15) is 9.59 Å². The highest BCUT2D eigenvalue weighted by molar-refractivity contribution is 7.09. The van der Waals surface area contributed by atoms with Crippen LogP contribution in [0.1, 0.15) is 21.1 Å². The van der Waals surface area contributed by atoms with E-state index in [0.29, 0.717) is 17.8 Å². The molecule has 5 nitrogen and oxygen atoms in total. The second-order valence-corrected chi connectivity index (χ2v) is 5.50. The number of rotatable bonds is 2. The summed E-state index contributed by atoms with van der Waals surface area (Å²) in [6.45, 7) is 2.32. The van der Waals surface area contributed by atoms with Gasteiger partial charge < -0.3 is 10.2 Å². The first kappa shape index (κ1) is 12.8. The minimum absolute atomic E-state index is 0.0118. The zero-order valence-corrected chi connectivity index (χ0v) is 11.7. The molecule has 0 aliphatic carbocycles. The number of carbonyl (C=O) groups excluding carboxylic acids is 2. The van der Waals surface area contributed by atoms with Crippen molar-refractivity contribution in [3.63, 3.8) is 0 Å². The normalized spacial score (nSPS) is 14.8. The molecule has 0 saturated carbocycles. The number of anilines is 1. The Morgan fingerprint density at radius 2 is 2.15 bits per heavy atom. The molecule has 1 N–H and O–H groups in total. The molecule has 0 saturated heterocycles. The van der Waals surface area contributed by atoms with Crippen LogP contribution in [0.5, 0.6) is 0 Å². The SMILES string of the molecule is Cc1csc(CN2C(=O)CNC(=O)c3ccccc32)n1. The Bertz CT molecular complexity index is 681. The predicted octanol–water partition coefficient (Wildman–Crippen LogP) is 1.73. The molecule has 102 valence electrons. The van der Waals surface area contributed by atoms with E-state index in [1.54, 1.807) is 23.1 Å². The first-order chi connectivity index (χ1) is 9.65. The molecule has 0 fully saturated rings. The summed E-state index contributed by atoms with van der Waals surface area (Å²) in [5.41, 5.74) is 2.10. The number of para-hydroxylation sites is 1. The molecular formula is C14H13N3O2S. The summed E-state index contributed by atoms with van der Waals surface area (Å²) in [6.07, 6.45) is 0. The molecule has 1 aliphatic heterocycles. The third-order valence-corrected chi connectivity index (χ3v) is 4.05. The highest BCUT2D eigenvalue weighted by Gasteiger charge is 2.26. The van der Waals surface area contributed by atoms with Crippen molar-refractivity contribution in [1.82, 2.24) is 10.3 Å². The third-order valence-electron chi connectivity index (χ3n) is 3.10. The van der Waals surface area contributed by atoms with E-state index in [2.05, 4.69) is 10.3 Å². The predicted molar refractivity (Wildman–Crippen MR) is 76.8 cm³/mol. The van der Waals surface area contributed by atoms with E-state index in [1.165, 1.54) is 11.3 Å². The molecule has 0 spiro atoms. The van der Waals surface area contributed by atoms with Gasteiger partial charge in [0.2, 0.25) is 5.91 Å². The Balaban J connectivity index is 2.01. The van der Waals surface area contributed by atoms with Gasteiger partial charge in [0, 0.05) is 11.1 Å². The lowest BCUT2D eigenvalue weighted by molar-refractivity contribution is -0.117. The average molecular weight is 287 g/mol. The van der Waals surface area contributed by atoms with Crippen LogP contribution in [-0.2, 0) is 11.3 Å². The fourth-order valence-electron chi connectivity index (χ4n) is 2.17. The van der Waals surface area contributed by atoms with Gasteiger partial charge in [-0.1, -0.05) is 12.1 Å². The van der Waals surface area contributed by atoms with Gasteiger partial charge in [-0.2, -0.15) is 0 Å². The molecule has 0 atom stereocenters. The molecule has 20 heavy (non-hydrogen) atoms. The van der Waals surface area contributed by atoms with Gasteiger partial charge in [0.15, 0.2) is 0 Å². The quantitative estimate of drug-likeness (QED) is 0.915. The summed E-state index contributed by atoms with van der Waals surface area (Å²) >= 11 is 1.52. The maximum absolute atomic E-state index is 12.2. The molecule has 2 heterocycles. The van der Waals surface area contributed by atoms with Gasteiger partial charge in [0.1, 0.15) is 5.01 Å². The lowest BCUT2D eigenvalue weighted by atomic mass is 10.1. The third kappa shape index (κ3) is 2.30. The van der Waals surface area contributed by atoms with Crippen LogP contribution in [0.3, 0.4) is 0 Å². The molecule has 0 radical (unpaired) electrons. The number of benzene rings is 1. The lowest BCUT2D eigenvalue weighted by Crippen LogP contribution is -2.36. The summed E-state index contributed by atoms with van der Waals surface area (Å²) < 4.78 is 0. The van der Waals surface area contributed by atoms with E-state index in [4.69, 9.17) is 0 Å². The molecule has 1 aliphatic rings. The zero-order valence-electron chi connectivity index (χ0n) is 10.9. The monoisotopic (exact) mass is 287 g/mol. The average Bonchev–Trinajstić information content (AvgIpc) is 2.82. The largest absolute Gasteiger partial charge is 0.343 e. The Kier molecular flexibility index (Phi) is 3.23. The first-order valence-electron chi connectivity index (χ1n) is 6.24. The van der Waals surface area contributed by atoms with E-state index in [-0.39, 0.29) is 18.4 Å². The van der Waals surface area contributed by atoms with E-state index in [0.717, 1.165) is 10.7 Å². The second-order valence-electron chi connectivity index (χ2n) is 4.56. The summed E-state index contributed by atoms with van der Waals surface area (Å²) in [7, 11) is 0. The van der Waals surface area contributed by atoms with Gasteiger partial charge in [0.25, 0.3) is 5.91 Å². The number of fused-ring (bicyclic) bond motifs is 1. The van der Waals surface area contributed by atoms with Crippen LogP contribution in [0.2, 0.25) is 0 Å². The number of aryl methyl sites for hydroxylation is 1. The Hall–Kier alpha value is -2.21. The van der Waals surface area contributed by atoms with Crippen molar-refractivity contribution in [1.29, 1.82) is 0 Å². The summed E-state index contributed by atoms with van der Waals surface area (Å²) in [6, 6.07) is 7.13. The van der Waals surface area contributed by atoms with Crippen LogP contribution < -0.4 is 10.2 Å². The molecule has 3 rings (SSSR count). The number of amides is 2. The van der Waals surface area contributed by atoms with Gasteiger partial charge in [-0.05, 0) is 19.1 Å². The first-order valence-corrected chi connectivity index (χ1v) is 7.12. The summed E-state index contributed by atoms with van der Waals surface area (Å²) in [4.78, 5) is 30.2. The standard InChI is InChI=1S/C14H13N3O2S/c1-9-8-20-12(16-9)7-17-11-5-3-2-4-10(11)14(19)15-6-13(17)18/h2-5,8H,6-7H2,1H3,(H,15,19). The van der Waals surface area contributed by atoms with Crippen molar-refractivity contribution in [2.45, 2.75) is 13.5 Å². The van der Waals surface area contributed by atoms with Gasteiger partial charge in [-0.3, -0.25) is 9.59 Å². The van der Waals surface area contributed by atoms with Crippen LogP contribution in [-0.4, -0.2) is 23.3 Å². The molecule has 0 bridgehead atoms. The topological polar surface area (TPSA) is 62.3 Å². The molecule has 1 aromatic carbocycles. The van der Waals surface area contributed by atoms with E-state index in [1.807, 2.05) is 18.4 Å². The van der Waals surface area contributed by atoms with E-state index >= 15 is 0 Å². The number of hydrogen-bond donors (Lipinski definition) is 1. The fraction of sp³-hybridized carbons (Fsp3) is 0.214. The minimum Gasteiger partial charge on any atom is -0.343 e. The smallest absolute Gasteiger partial charge is 0.253 e. The molecule has 0 unspecified atom stereocenters. The fourth-order valence-corrected chi connectivity index (χ4v) is 2.93. The highest BCUT2D eigenvalue weighted by atomic mass is 32.1. The van der Waals surface area contributed by atoms with Crippen LogP contribution in [0.25, 0.3) is 0 Å². The van der Waals surface area contributed by atoms with Crippen molar-refractivity contribution in [2.75, 3.05) is 11.4 Å². The highest BCUT2D eigenvalue weighted by Crippen LogP contribution is 2.25. The van der Waals surface area contributed by atoms with Crippen LogP contribution in [0.15, 0.2) is 29.6 Å². The Labute approximate surface area is 120 Å². The minimum atomic E-state index is -0.216. The molecule has 6 heteroatoms. The van der Waals surface area contributed by atoms with E-state index < -0.39 is 0 Å². The van der Waals surface area contributed by atoms with Crippen molar-refractivity contribution < 1.29 is 9.59 Å². The van der Waals surface area contributed by atoms with Gasteiger partial charge in [-0.25, -0.2) is 4.98 Å². The maximum atomic E-state index is 12.2. The summed E-state index contributed by atoms with van der Waals surface area (Å²) in [5.74, 6) is -0.345. The number of carbonyl (C=O) groups is 2. The lowest BCUT2D eigenvalue weighted by Gasteiger charge is -2.20. The Morgan fingerprint density at radius 1 is 1.35 bits per heavy atom. The van der Waals surface area contributed by atoms with Crippen LogP contribution in [0, 0.1) is 6.92 Å². The second kappa shape index (κ2) is 5.05. The van der Waals surface area contributed by atoms with Crippen molar-refractivity contribution in [3.8, 4) is 0 Å². The van der Waals surface area contributed by atoms with Crippen molar-refractivity contribution in [3.05, 3.63) is 45.9 Å². The maximum Gasteiger partial charge on any atom is 0.253 e. The van der Waals surface area contributed by atoms with Gasteiger partial charge in [-0.15, -0.1) is 11.3 Å². The molecule has 2 aromatic rings. The van der Waals surface area contributed by atoms with Crippen LogP contribution >= 0.6 is 11.3 Å². The molecule has 2 amide bonds. The van der Waals surface area contributed by atoms with Crippen molar-refractivity contribution >= 4 is 28.8 Å². The molecular weight excluding hydrogens is 274 g/mol. The van der Waals surface area contributed by atoms with Crippen LogP contribution in [0.4, 0.5) is 5.69 Å². The van der Waals surface area contributed by atoms with Crippen molar-refractivity contribution in [2.24, 2.45) is 0 Å². The zero-order chi connectivity index (χ0) is 14.1. The number of aromatic nitrogens is 1. The summed E-state index contributed by atoms with van der Waals surface area (Å²) in [5, 5.41) is 5.44. The van der Waals surface area contributed by atoms with Gasteiger partial charge in [0.05, 0.1) is 24.3 Å². The van der Waals surface area contributed by atoms with Gasteiger partial charge >= 0.3 is 0 Å². The number of hydrogen-bond acceptors (Lipinski definition) is 4. The Morgan fingerprint density at radius 3 is 2.90 bits per heavy atom. The molecule has 1 aromatic heterocycles. The number of nitrogens with one attached hydrogen (secondary N) is 1. The number of nitrogens with zero attached hydrogens (tertiary/aromatic N) is 2.